The monoisotopic (exact) mass is 318 g/mol. The van der Waals surface area contributed by atoms with Crippen LogP contribution in [0.25, 0.3) is 0 Å². The van der Waals surface area contributed by atoms with E-state index in [0.717, 1.165) is 27.0 Å². The second-order valence-corrected chi connectivity index (χ2v) is 5.38. The Hall–Kier alpha value is -1.81. The van der Waals surface area contributed by atoms with Crippen LogP contribution in [0.3, 0.4) is 0 Å². The Morgan fingerprint density at radius 3 is 2.00 bits per heavy atom. The highest BCUT2D eigenvalue weighted by Gasteiger charge is 2.03. The number of rotatable bonds is 2. The number of aryl methyl sites for hydroxylation is 2. The van der Waals surface area contributed by atoms with Gasteiger partial charge in [0.25, 0.3) is 0 Å². The lowest BCUT2D eigenvalue weighted by Crippen LogP contribution is -2.19. The van der Waals surface area contributed by atoms with Crippen molar-refractivity contribution in [3.05, 3.63) is 58.1 Å². The molecule has 4 heteroatoms. The maximum atomic E-state index is 11.9. The van der Waals surface area contributed by atoms with Crippen molar-refractivity contribution in [2.75, 3.05) is 10.6 Å². The summed E-state index contributed by atoms with van der Waals surface area (Å²) in [4.78, 5) is 11.9. The fourth-order valence-corrected chi connectivity index (χ4v) is 2.14. The van der Waals surface area contributed by atoms with Crippen LogP contribution in [-0.2, 0) is 0 Å². The molecule has 0 heterocycles. The van der Waals surface area contributed by atoms with Gasteiger partial charge in [0, 0.05) is 15.8 Å². The van der Waals surface area contributed by atoms with Gasteiger partial charge < -0.3 is 10.6 Å². The van der Waals surface area contributed by atoms with Gasteiger partial charge in [0.1, 0.15) is 0 Å². The van der Waals surface area contributed by atoms with Gasteiger partial charge in [-0.05, 0) is 61.4 Å². The van der Waals surface area contributed by atoms with E-state index >= 15 is 0 Å². The zero-order valence-electron chi connectivity index (χ0n) is 10.8. The summed E-state index contributed by atoms with van der Waals surface area (Å²) in [6.45, 7) is 4.01. The molecule has 0 saturated carbocycles. The van der Waals surface area contributed by atoms with Crippen LogP contribution in [0.2, 0.25) is 0 Å². The first-order valence-corrected chi connectivity index (χ1v) is 6.74. The quantitative estimate of drug-likeness (QED) is 0.827. The average Bonchev–Trinajstić information content (AvgIpc) is 2.30. The van der Waals surface area contributed by atoms with Gasteiger partial charge in [-0.25, -0.2) is 4.79 Å². The first-order valence-electron chi connectivity index (χ1n) is 5.95. The number of halogens is 1. The molecule has 0 radical (unpaired) electrons. The van der Waals surface area contributed by atoms with Crippen molar-refractivity contribution in [3.63, 3.8) is 0 Å². The van der Waals surface area contributed by atoms with Crippen LogP contribution in [0.4, 0.5) is 16.2 Å². The van der Waals surface area contributed by atoms with E-state index in [-0.39, 0.29) is 6.03 Å². The Kier molecular flexibility index (Phi) is 4.22. The van der Waals surface area contributed by atoms with E-state index in [4.69, 9.17) is 0 Å². The van der Waals surface area contributed by atoms with Gasteiger partial charge in [-0.1, -0.05) is 22.0 Å². The van der Waals surface area contributed by atoms with Crippen molar-refractivity contribution in [1.82, 2.24) is 0 Å². The molecular weight excluding hydrogens is 304 g/mol. The standard InChI is InChI=1S/C15H15BrN2O/c1-10-7-11(2)9-14(8-10)18-15(19)17-13-5-3-12(16)4-6-13/h3-9H,1-2H3,(H2,17,18,19). The summed E-state index contributed by atoms with van der Waals surface area (Å²) < 4.78 is 0.979. The van der Waals surface area contributed by atoms with Crippen LogP contribution in [0.1, 0.15) is 11.1 Å². The highest BCUT2D eigenvalue weighted by atomic mass is 79.9. The predicted octanol–water partition coefficient (Wildman–Crippen LogP) is 4.71. The molecule has 0 fully saturated rings. The molecule has 0 aromatic heterocycles. The summed E-state index contributed by atoms with van der Waals surface area (Å²) in [6, 6.07) is 13.1. The smallest absolute Gasteiger partial charge is 0.308 e. The number of benzene rings is 2. The third-order valence-electron chi connectivity index (χ3n) is 2.58. The number of nitrogens with one attached hydrogen (secondary N) is 2. The first-order chi connectivity index (χ1) is 9.02. The molecule has 3 nitrogen and oxygen atoms in total. The van der Waals surface area contributed by atoms with Gasteiger partial charge in [-0.3, -0.25) is 0 Å². The summed E-state index contributed by atoms with van der Waals surface area (Å²) in [7, 11) is 0. The SMILES string of the molecule is Cc1cc(C)cc(NC(=O)Nc2ccc(Br)cc2)c1. The van der Waals surface area contributed by atoms with Crippen molar-refractivity contribution in [2.24, 2.45) is 0 Å². The van der Waals surface area contributed by atoms with E-state index < -0.39 is 0 Å². The van der Waals surface area contributed by atoms with Crippen molar-refractivity contribution in [2.45, 2.75) is 13.8 Å². The fourth-order valence-electron chi connectivity index (χ4n) is 1.87. The van der Waals surface area contributed by atoms with E-state index in [1.165, 1.54) is 0 Å². The molecule has 0 aliphatic heterocycles. The highest BCUT2D eigenvalue weighted by molar-refractivity contribution is 9.10. The number of carbonyl (C=O) groups excluding carboxylic acids is 1. The zero-order valence-corrected chi connectivity index (χ0v) is 12.4. The number of anilines is 2. The van der Waals surface area contributed by atoms with Gasteiger partial charge in [0.2, 0.25) is 0 Å². The molecule has 0 atom stereocenters. The minimum atomic E-state index is -0.243. The minimum Gasteiger partial charge on any atom is -0.308 e. The second-order valence-electron chi connectivity index (χ2n) is 4.46. The third-order valence-corrected chi connectivity index (χ3v) is 3.11. The molecule has 0 bridgehead atoms. The summed E-state index contributed by atoms with van der Waals surface area (Å²) in [5.41, 5.74) is 3.80. The number of urea groups is 1. The lowest BCUT2D eigenvalue weighted by molar-refractivity contribution is 0.262. The predicted molar refractivity (Wildman–Crippen MR) is 82.7 cm³/mol. The van der Waals surface area contributed by atoms with Crippen LogP contribution in [0.15, 0.2) is 46.9 Å². The van der Waals surface area contributed by atoms with Crippen molar-refractivity contribution >= 4 is 33.3 Å². The van der Waals surface area contributed by atoms with Gasteiger partial charge in [0.15, 0.2) is 0 Å². The van der Waals surface area contributed by atoms with Crippen LogP contribution in [0.5, 0.6) is 0 Å². The molecule has 2 aromatic carbocycles. The molecule has 98 valence electrons. The molecule has 2 N–H and O–H groups in total. The van der Waals surface area contributed by atoms with Gasteiger partial charge in [0.05, 0.1) is 0 Å². The van der Waals surface area contributed by atoms with Gasteiger partial charge in [-0.15, -0.1) is 0 Å². The Labute approximate surface area is 121 Å². The molecule has 2 rings (SSSR count). The lowest BCUT2D eigenvalue weighted by Gasteiger charge is -2.09. The summed E-state index contributed by atoms with van der Waals surface area (Å²) in [5, 5.41) is 5.61. The van der Waals surface area contributed by atoms with Crippen LogP contribution in [0, 0.1) is 13.8 Å². The van der Waals surface area contributed by atoms with Gasteiger partial charge >= 0.3 is 6.03 Å². The lowest BCUT2D eigenvalue weighted by atomic mass is 10.1. The van der Waals surface area contributed by atoms with E-state index in [0.29, 0.717) is 0 Å². The number of carbonyl (C=O) groups is 1. The Balaban J connectivity index is 2.03. The van der Waals surface area contributed by atoms with E-state index in [2.05, 4.69) is 32.6 Å². The average molecular weight is 319 g/mol. The molecule has 0 aliphatic rings. The summed E-state index contributed by atoms with van der Waals surface area (Å²) in [5.74, 6) is 0. The molecule has 2 amide bonds. The minimum absolute atomic E-state index is 0.243. The molecule has 19 heavy (non-hydrogen) atoms. The summed E-state index contributed by atoms with van der Waals surface area (Å²) >= 11 is 3.35. The van der Waals surface area contributed by atoms with Crippen molar-refractivity contribution < 1.29 is 4.79 Å². The van der Waals surface area contributed by atoms with Crippen molar-refractivity contribution in [1.29, 1.82) is 0 Å². The maximum Gasteiger partial charge on any atom is 0.323 e. The van der Waals surface area contributed by atoms with Crippen molar-refractivity contribution in [3.8, 4) is 0 Å². The Morgan fingerprint density at radius 2 is 1.42 bits per heavy atom. The van der Waals surface area contributed by atoms with Gasteiger partial charge in [-0.2, -0.15) is 0 Å². The van der Waals surface area contributed by atoms with Crippen LogP contribution in [-0.4, -0.2) is 6.03 Å². The largest absolute Gasteiger partial charge is 0.323 e. The topological polar surface area (TPSA) is 41.1 Å². The molecule has 0 unspecified atom stereocenters. The molecule has 0 spiro atoms. The van der Waals surface area contributed by atoms with E-state index in [1.54, 1.807) is 0 Å². The van der Waals surface area contributed by atoms with E-state index in [9.17, 15) is 4.79 Å². The second kappa shape index (κ2) is 5.89. The maximum absolute atomic E-state index is 11.9. The molecule has 0 aliphatic carbocycles. The number of amides is 2. The Bertz CT molecular complexity index is 573. The van der Waals surface area contributed by atoms with E-state index in [1.807, 2.05) is 50.2 Å². The van der Waals surface area contributed by atoms with Crippen LogP contribution < -0.4 is 10.6 Å². The highest BCUT2D eigenvalue weighted by Crippen LogP contribution is 2.16. The molecule has 0 saturated heterocycles. The number of hydrogen-bond donors (Lipinski definition) is 2. The molecule has 2 aromatic rings. The fraction of sp³-hybridized carbons (Fsp3) is 0.133. The first kappa shape index (κ1) is 13.6. The third kappa shape index (κ3) is 4.10. The molecular formula is C15H15BrN2O. The number of hydrogen-bond acceptors (Lipinski definition) is 1. The van der Waals surface area contributed by atoms with Crippen LogP contribution >= 0.6 is 15.9 Å². The summed E-state index contributed by atoms with van der Waals surface area (Å²) in [6.07, 6.45) is 0. The Morgan fingerprint density at radius 1 is 0.895 bits per heavy atom. The zero-order chi connectivity index (χ0) is 13.8. The normalized spacial score (nSPS) is 10.1.